The molecule has 1 unspecified atom stereocenters. The van der Waals surface area contributed by atoms with Gasteiger partial charge in [0.15, 0.2) is 0 Å². The minimum Gasteiger partial charge on any atom is -0.354 e. The van der Waals surface area contributed by atoms with Gasteiger partial charge in [-0.1, -0.05) is 13.3 Å². The lowest BCUT2D eigenvalue weighted by Crippen LogP contribution is -2.44. The van der Waals surface area contributed by atoms with Gasteiger partial charge in [0.25, 0.3) is 11.5 Å². The largest absolute Gasteiger partial charge is 0.354 e. The molecule has 0 spiro atoms. The Morgan fingerprint density at radius 3 is 2.46 bits per heavy atom. The molecule has 4 aromatic rings. The zero-order valence-corrected chi connectivity index (χ0v) is 25.2. The smallest absolute Gasteiger partial charge is 0.253 e. The number of aryl methyl sites for hydroxylation is 3. The molecule has 3 aromatic heterocycles. The van der Waals surface area contributed by atoms with Crippen LogP contribution in [-0.2, 0) is 6.54 Å². The normalized spacial score (nSPS) is 14.9. The highest BCUT2D eigenvalue weighted by atomic mass is 16.1. The van der Waals surface area contributed by atoms with E-state index < -0.39 is 0 Å². The van der Waals surface area contributed by atoms with Crippen molar-refractivity contribution < 1.29 is 4.79 Å². The number of piperazine rings is 1. The molecule has 0 aliphatic carbocycles. The topological polar surface area (TPSA) is 86.3 Å². The molecule has 2 N–H and O–H groups in total. The predicted molar refractivity (Wildman–Crippen MR) is 167 cm³/mol. The quantitative estimate of drug-likeness (QED) is 0.306. The van der Waals surface area contributed by atoms with E-state index in [0.29, 0.717) is 17.2 Å². The molecule has 1 aliphatic heterocycles. The first-order valence-corrected chi connectivity index (χ1v) is 14.7. The van der Waals surface area contributed by atoms with Crippen LogP contribution in [0.1, 0.15) is 65.5 Å². The molecular formula is C33H42N6O2. The number of nitrogens with one attached hydrogen (secondary N) is 2. The summed E-state index contributed by atoms with van der Waals surface area (Å²) in [6.07, 6.45) is 6.21. The first-order valence-electron chi connectivity index (χ1n) is 14.7. The second-order valence-electron chi connectivity index (χ2n) is 11.6. The number of nitrogens with zero attached hydrogens (tertiary/aromatic N) is 4. The van der Waals surface area contributed by atoms with Crippen LogP contribution in [0.3, 0.4) is 0 Å². The summed E-state index contributed by atoms with van der Waals surface area (Å²) < 4.78 is 2.30. The molecule has 0 saturated carbocycles. The summed E-state index contributed by atoms with van der Waals surface area (Å²) in [5.41, 5.74) is 6.73. The van der Waals surface area contributed by atoms with E-state index in [1.165, 1.54) is 0 Å². The van der Waals surface area contributed by atoms with Crippen molar-refractivity contribution in [1.82, 2.24) is 24.8 Å². The Kier molecular flexibility index (Phi) is 8.31. The molecular weight excluding hydrogens is 512 g/mol. The number of benzene rings is 1. The first kappa shape index (κ1) is 28.6. The SMILES string of the molecule is CCCC(C)n1cc(C)c2c(C(=O)NCc3c(C)cc(C)[nH]c3=O)cc(-c3ccc(N4CCN(C)CC4)nc3)cc21. The van der Waals surface area contributed by atoms with E-state index in [9.17, 15) is 9.59 Å². The number of likely N-dealkylation sites (N-methyl/N-ethyl adjacent to an activating group) is 1. The Morgan fingerprint density at radius 1 is 1.05 bits per heavy atom. The van der Waals surface area contributed by atoms with Crippen LogP contribution in [0, 0.1) is 20.8 Å². The highest BCUT2D eigenvalue weighted by Gasteiger charge is 2.21. The third-order valence-electron chi connectivity index (χ3n) is 8.38. The van der Waals surface area contributed by atoms with Gasteiger partial charge in [0.2, 0.25) is 0 Å². The molecule has 8 heteroatoms. The number of anilines is 1. The van der Waals surface area contributed by atoms with E-state index >= 15 is 0 Å². The number of fused-ring (bicyclic) bond motifs is 1. The van der Waals surface area contributed by atoms with E-state index in [-0.39, 0.29) is 18.0 Å². The number of hydrogen-bond acceptors (Lipinski definition) is 5. The summed E-state index contributed by atoms with van der Waals surface area (Å²) in [7, 11) is 2.15. The fourth-order valence-corrected chi connectivity index (χ4v) is 6.00. The predicted octanol–water partition coefficient (Wildman–Crippen LogP) is 5.36. The number of hydrogen-bond donors (Lipinski definition) is 2. The van der Waals surface area contributed by atoms with Gasteiger partial charge in [0.05, 0.1) is 0 Å². The summed E-state index contributed by atoms with van der Waals surface area (Å²) in [4.78, 5) is 38.7. The Balaban J connectivity index is 1.53. The molecule has 1 saturated heterocycles. The third-order valence-corrected chi connectivity index (χ3v) is 8.38. The van der Waals surface area contributed by atoms with Gasteiger partial charge < -0.3 is 24.7 Å². The van der Waals surface area contributed by atoms with E-state index in [1.54, 1.807) is 0 Å². The second-order valence-corrected chi connectivity index (χ2v) is 11.6. The summed E-state index contributed by atoms with van der Waals surface area (Å²) in [6.45, 7) is 14.4. The minimum atomic E-state index is -0.192. The van der Waals surface area contributed by atoms with Crippen molar-refractivity contribution in [3.05, 3.63) is 81.0 Å². The Labute approximate surface area is 242 Å². The molecule has 1 atom stereocenters. The van der Waals surface area contributed by atoms with E-state index in [0.717, 1.165) is 83.7 Å². The lowest BCUT2D eigenvalue weighted by Gasteiger charge is -2.33. The molecule has 0 radical (unpaired) electrons. The van der Waals surface area contributed by atoms with E-state index in [1.807, 2.05) is 32.2 Å². The fourth-order valence-electron chi connectivity index (χ4n) is 6.00. The van der Waals surface area contributed by atoms with Gasteiger partial charge in [-0.05, 0) is 88.2 Å². The Hall–Kier alpha value is -3.91. The van der Waals surface area contributed by atoms with Crippen LogP contribution in [0.15, 0.2) is 47.5 Å². The monoisotopic (exact) mass is 554 g/mol. The van der Waals surface area contributed by atoms with Gasteiger partial charge in [-0.3, -0.25) is 9.59 Å². The molecule has 216 valence electrons. The summed E-state index contributed by atoms with van der Waals surface area (Å²) in [6, 6.07) is 10.6. The average molecular weight is 555 g/mol. The lowest BCUT2D eigenvalue weighted by atomic mass is 9.98. The van der Waals surface area contributed by atoms with Crippen molar-refractivity contribution in [1.29, 1.82) is 0 Å². The van der Waals surface area contributed by atoms with E-state index in [2.05, 4.69) is 76.9 Å². The molecule has 41 heavy (non-hydrogen) atoms. The number of carbonyl (C=O) groups excluding carboxylic acids is 1. The molecule has 1 amide bonds. The molecule has 1 fully saturated rings. The summed E-state index contributed by atoms with van der Waals surface area (Å²) in [5, 5.41) is 3.99. The highest BCUT2D eigenvalue weighted by Crippen LogP contribution is 2.34. The van der Waals surface area contributed by atoms with Crippen molar-refractivity contribution in [2.75, 3.05) is 38.1 Å². The van der Waals surface area contributed by atoms with E-state index in [4.69, 9.17) is 4.98 Å². The number of amides is 1. The van der Waals surface area contributed by atoms with Crippen molar-refractivity contribution in [3.63, 3.8) is 0 Å². The Bertz CT molecular complexity index is 1610. The third kappa shape index (κ3) is 5.93. The zero-order valence-electron chi connectivity index (χ0n) is 25.2. The van der Waals surface area contributed by atoms with Crippen LogP contribution in [-0.4, -0.2) is 58.6 Å². The van der Waals surface area contributed by atoms with Crippen LogP contribution in [0.25, 0.3) is 22.0 Å². The van der Waals surface area contributed by atoms with Crippen LogP contribution >= 0.6 is 0 Å². The molecule has 5 rings (SSSR count). The van der Waals surface area contributed by atoms with Crippen LogP contribution in [0.4, 0.5) is 5.82 Å². The second kappa shape index (κ2) is 11.9. The minimum absolute atomic E-state index is 0.163. The van der Waals surface area contributed by atoms with Gasteiger partial charge in [-0.25, -0.2) is 4.98 Å². The molecule has 1 aromatic carbocycles. The standard InChI is InChI=1S/C33H42N6O2/c1-7-8-24(5)39-20-22(3)31-27(32(40)35-19-28-21(2)15-23(4)36-33(28)41)16-26(17-29(31)39)25-9-10-30(34-18-25)38-13-11-37(6)12-14-38/h9-10,15-18,20,24H,7-8,11-14,19H2,1-6H3,(H,35,40)(H,36,41). The maximum absolute atomic E-state index is 13.8. The number of aromatic nitrogens is 3. The van der Waals surface area contributed by atoms with Crippen molar-refractivity contribution in [2.45, 2.75) is 60.0 Å². The fraction of sp³-hybridized carbons (Fsp3) is 0.424. The Morgan fingerprint density at radius 2 is 1.80 bits per heavy atom. The molecule has 0 bridgehead atoms. The number of rotatable bonds is 8. The van der Waals surface area contributed by atoms with Gasteiger partial charge in [0.1, 0.15) is 5.82 Å². The first-order chi connectivity index (χ1) is 19.7. The number of aromatic amines is 1. The maximum atomic E-state index is 13.8. The highest BCUT2D eigenvalue weighted by molar-refractivity contribution is 6.09. The van der Waals surface area contributed by atoms with Gasteiger partial charge >= 0.3 is 0 Å². The summed E-state index contributed by atoms with van der Waals surface area (Å²) in [5.74, 6) is 0.789. The van der Waals surface area contributed by atoms with Crippen molar-refractivity contribution in [2.24, 2.45) is 0 Å². The molecule has 1 aliphatic rings. The summed E-state index contributed by atoms with van der Waals surface area (Å²) >= 11 is 0. The van der Waals surface area contributed by atoms with Gasteiger partial charge in [-0.2, -0.15) is 0 Å². The number of H-pyrrole nitrogens is 1. The lowest BCUT2D eigenvalue weighted by molar-refractivity contribution is 0.0952. The number of carbonyl (C=O) groups is 1. The zero-order chi connectivity index (χ0) is 29.3. The number of pyridine rings is 2. The van der Waals surface area contributed by atoms with Crippen LogP contribution in [0.2, 0.25) is 0 Å². The molecule has 8 nitrogen and oxygen atoms in total. The van der Waals surface area contributed by atoms with Crippen molar-refractivity contribution in [3.8, 4) is 11.1 Å². The van der Waals surface area contributed by atoms with Gasteiger partial charge in [-0.15, -0.1) is 0 Å². The van der Waals surface area contributed by atoms with Crippen LogP contribution < -0.4 is 15.8 Å². The molecule has 4 heterocycles. The van der Waals surface area contributed by atoms with Crippen molar-refractivity contribution >= 4 is 22.6 Å². The van der Waals surface area contributed by atoms with Gasteiger partial charge in [0, 0.05) is 84.4 Å². The maximum Gasteiger partial charge on any atom is 0.253 e. The van der Waals surface area contributed by atoms with Crippen LogP contribution in [0.5, 0.6) is 0 Å². The average Bonchev–Trinajstić information content (AvgIpc) is 3.29.